The Kier molecular flexibility index (Phi) is 10.6. The topological polar surface area (TPSA) is 80.9 Å². The molecule has 1 amide bonds. The third-order valence-corrected chi connectivity index (χ3v) is 3.52. The summed E-state index contributed by atoms with van der Waals surface area (Å²) < 4.78 is 0. The van der Waals surface area contributed by atoms with Gasteiger partial charge in [0.2, 0.25) is 11.0 Å². The van der Waals surface area contributed by atoms with Gasteiger partial charge in [-0.3, -0.25) is 4.79 Å². The Bertz CT molecular complexity index is 384. The van der Waals surface area contributed by atoms with Gasteiger partial charge in [-0.2, -0.15) is 0 Å². The van der Waals surface area contributed by atoms with Crippen LogP contribution in [0, 0.1) is 5.92 Å². The second kappa shape index (κ2) is 11.0. The predicted octanol–water partition coefficient (Wildman–Crippen LogP) is 3.01. The first-order chi connectivity index (χ1) is 9.11. The molecule has 20 heavy (non-hydrogen) atoms. The van der Waals surface area contributed by atoms with E-state index in [2.05, 4.69) is 29.4 Å². The van der Waals surface area contributed by atoms with Crippen LogP contribution in [0.4, 0.5) is 5.13 Å². The lowest BCUT2D eigenvalue weighted by Crippen LogP contribution is -2.10. The van der Waals surface area contributed by atoms with Crippen LogP contribution in [0.3, 0.4) is 0 Å². The quantitative estimate of drug-likeness (QED) is 0.685. The lowest BCUT2D eigenvalue weighted by molar-refractivity contribution is -0.116. The second-order valence-corrected chi connectivity index (χ2v) is 6.16. The molecule has 0 aliphatic rings. The number of carbonyl (C=O) groups excluding carboxylic acids is 1. The number of unbranched alkanes of at least 4 members (excludes halogenated alkanes) is 3. The summed E-state index contributed by atoms with van der Waals surface area (Å²) in [6.07, 6.45) is 5.55. The standard InChI is InChI=1S/C13H24N4OS.ClH/c1-10(2)9-12-16-17-13(19-12)15-11(18)7-5-3-4-6-8-14;/h10H,3-9,14H2,1-2H3,(H,15,17,18);1H. The maximum atomic E-state index is 11.7. The smallest absolute Gasteiger partial charge is 0.226 e. The van der Waals surface area contributed by atoms with Crippen molar-refractivity contribution in [2.45, 2.75) is 52.4 Å². The molecule has 0 spiro atoms. The zero-order valence-corrected chi connectivity index (χ0v) is 13.9. The maximum Gasteiger partial charge on any atom is 0.226 e. The number of hydrogen-bond donors (Lipinski definition) is 2. The molecule has 0 fully saturated rings. The van der Waals surface area contributed by atoms with Gasteiger partial charge in [-0.05, 0) is 25.3 Å². The summed E-state index contributed by atoms with van der Waals surface area (Å²) in [6.45, 7) is 5.01. The Morgan fingerprint density at radius 2 is 1.95 bits per heavy atom. The van der Waals surface area contributed by atoms with E-state index in [1.807, 2.05) is 0 Å². The first-order valence-electron chi connectivity index (χ1n) is 6.94. The summed E-state index contributed by atoms with van der Waals surface area (Å²) in [5, 5.41) is 12.5. The van der Waals surface area contributed by atoms with Crippen molar-refractivity contribution >= 4 is 34.8 Å². The molecule has 0 unspecified atom stereocenters. The normalized spacial score (nSPS) is 10.4. The van der Waals surface area contributed by atoms with Gasteiger partial charge in [0.25, 0.3) is 0 Å². The molecular weight excluding hydrogens is 296 g/mol. The van der Waals surface area contributed by atoms with Gasteiger partial charge < -0.3 is 11.1 Å². The molecule has 0 aliphatic carbocycles. The van der Waals surface area contributed by atoms with E-state index in [4.69, 9.17) is 5.73 Å². The van der Waals surface area contributed by atoms with E-state index in [0.717, 1.165) is 43.7 Å². The average molecular weight is 321 g/mol. The zero-order valence-electron chi connectivity index (χ0n) is 12.2. The van der Waals surface area contributed by atoms with E-state index in [-0.39, 0.29) is 18.3 Å². The van der Waals surface area contributed by atoms with E-state index < -0.39 is 0 Å². The molecular formula is C13H25ClN4OS. The van der Waals surface area contributed by atoms with Crippen LogP contribution < -0.4 is 11.1 Å². The Labute approximate surface area is 131 Å². The fourth-order valence-corrected chi connectivity index (χ4v) is 2.67. The SMILES string of the molecule is CC(C)Cc1nnc(NC(=O)CCCCCCN)s1.Cl. The van der Waals surface area contributed by atoms with Crippen molar-refractivity contribution in [3.8, 4) is 0 Å². The molecule has 1 rings (SSSR count). The number of carbonyl (C=O) groups is 1. The van der Waals surface area contributed by atoms with E-state index >= 15 is 0 Å². The van der Waals surface area contributed by atoms with Gasteiger partial charge in [0.1, 0.15) is 5.01 Å². The van der Waals surface area contributed by atoms with Crippen LogP contribution in [0.1, 0.15) is 51.0 Å². The predicted molar refractivity (Wildman–Crippen MR) is 86.5 cm³/mol. The van der Waals surface area contributed by atoms with Crippen LogP contribution in [0.2, 0.25) is 0 Å². The van der Waals surface area contributed by atoms with Gasteiger partial charge in [0.15, 0.2) is 0 Å². The minimum Gasteiger partial charge on any atom is -0.330 e. The van der Waals surface area contributed by atoms with Gasteiger partial charge in [0, 0.05) is 12.8 Å². The van der Waals surface area contributed by atoms with Crippen LogP contribution >= 0.6 is 23.7 Å². The average Bonchev–Trinajstić information content (AvgIpc) is 2.75. The Morgan fingerprint density at radius 1 is 1.25 bits per heavy atom. The highest BCUT2D eigenvalue weighted by molar-refractivity contribution is 7.15. The fourth-order valence-electron chi connectivity index (χ4n) is 1.70. The van der Waals surface area contributed by atoms with Crippen LogP contribution in [0.15, 0.2) is 0 Å². The summed E-state index contributed by atoms with van der Waals surface area (Å²) in [5.74, 6) is 0.582. The van der Waals surface area contributed by atoms with Crippen molar-refractivity contribution in [3.05, 3.63) is 5.01 Å². The molecule has 3 N–H and O–H groups in total. The molecule has 7 heteroatoms. The third-order valence-electron chi connectivity index (χ3n) is 2.65. The number of nitrogens with one attached hydrogen (secondary N) is 1. The number of hydrogen-bond acceptors (Lipinski definition) is 5. The highest BCUT2D eigenvalue weighted by Gasteiger charge is 2.09. The minimum atomic E-state index is 0. The molecule has 116 valence electrons. The summed E-state index contributed by atoms with van der Waals surface area (Å²) in [5.41, 5.74) is 5.42. The minimum absolute atomic E-state index is 0. The molecule has 1 aromatic rings. The lowest BCUT2D eigenvalue weighted by atomic mass is 10.1. The maximum absolute atomic E-state index is 11.7. The van der Waals surface area contributed by atoms with Crippen molar-refractivity contribution in [1.82, 2.24) is 10.2 Å². The van der Waals surface area contributed by atoms with Crippen molar-refractivity contribution in [2.24, 2.45) is 11.7 Å². The number of aromatic nitrogens is 2. The van der Waals surface area contributed by atoms with E-state index in [0.29, 0.717) is 17.5 Å². The van der Waals surface area contributed by atoms with Crippen LogP contribution in [-0.4, -0.2) is 22.6 Å². The van der Waals surface area contributed by atoms with Crippen LogP contribution in [-0.2, 0) is 11.2 Å². The van der Waals surface area contributed by atoms with Crippen molar-refractivity contribution in [2.75, 3.05) is 11.9 Å². The Balaban J connectivity index is 0.00000361. The summed E-state index contributed by atoms with van der Waals surface area (Å²) in [4.78, 5) is 11.7. The largest absolute Gasteiger partial charge is 0.330 e. The summed E-state index contributed by atoms with van der Waals surface area (Å²) in [6, 6.07) is 0. The number of rotatable bonds is 9. The number of anilines is 1. The van der Waals surface area contributed by atoms with Gasteiger partial charge in [-0.25, -0.2) is 0 Å². The first-order valence-corrected chi connectivity index (χ1v) is 7.75. The first kappa shape index (κ1) is 19.3. The number of amides is 1. The fraction of sp³-hybridized carbons (Fsp3) is 0.769. The lowest BCUT2D eigenvalue weighted by Gasteiger charge is -2.01. The Morgan fingerprint density at radius 3 is 2.60 bits per heavy atom. The van der Waals surface area contributed by atoms with Gasteiger partial charge in [0.05, 0.1) is 0 Å². The molecule has 5 nitrogen and oxygen atoms in total. The number of nitrogens with zero attached hydrogens (tertiary/aromatic N) is 2. The van der Waals surface area contributed by atoms with Crippen molar-refractivity contribution < 1.29 is 4.79 Å². The van der Waals surface area contributed by atoms with E-state index in [9.17, 15) is 4.79 Å². The Hall–Kier alpha value is -0.720. The molecule has 0 radical (unpaired) electrons. The monoisotopic (exact) mass is 320 g/mol. The number of halogens is 1. The third kappa shape index (κ3) is 8.45. The molecule has 0 aromatic carbocycles. The molecule has 0 saturated heterocycles. The molecule has 0 bridgehead atoms. The molecule has 1 aromatic heterocycles. The molecule has 1 heterocycles. The van der Waals surface area contributed by atoms with Crippen LogP contribution in [0.25, 0.3) is 0 Å². The van der Waals surface area contributed by atoms with Crippen molar-refractivity contribution in [1.29, 1.82) is 0 Å². The molecule has 0 atom stereocenters. The molecule has 0 aliphatic heterocycles. The number of nitrogens with two attached hydrogens (primary N) is 1. The highest BCUT2D eigenvalue weighted by atomic mass is 35.5. The van der Waals surface area contributed by atoms with Gasteiger partial charge in [-0.15, -0.1) is 22.6 Å². The summed E-state index contributed by atoms with van der Waals surface area (Å²) in [7, 11) is 0. The van der Waals surface area contributed by atoms with Gasteiger partial charge in [-0.1, -0.05) is 38.0 Å². The highest BCUT2D eigenvalue weighted by Crippen LogP contribution is 2.18. The van der Waals surface area contributed by atoms with Crippen LogP contribution in [0.5, 0.6) is 0 Å². The summed E-state index contributed by atoms with van der Waals surface area (Å²) >= 11 is 1.47. The zero-order chi connectivity index (χ0) is 14.1. The second-order valence-electron chi connectivity index (χ2n) is 5.10. The van der Waals surface area contributed by atoms with Gasteiger partial charge >= 0.3 is 0 Å². The van der Waals surface area contributed by atoms with E-state index in [1.54, 1.807) is 0 Å². The van der Waals surface area contributed by atoms with E-state index in [1.165, 1.54) is 11.3 Å². The van der Waals surface area contributed by atoms with Crippen molar-refractivity contribution in [3.63, 3.8) is 0 Å². The molecule has 0 saturated carbocycles.